The van der Waals surface area contributed by atoms with Crippen molar-refractivity contribution in [2.24, 2.45) is 0 Å². The predicted octanol–water partition coefficient (Wildman–Crippen LogP) is 25.2. The lowest BCUT2D eigenvalue weighted by Crippen LogP contribution is -2.30. The van der Waals surface area contributed by atoms with Crippen molar-refractivity contribution in [2.75, 3.05) is 13.2 Å². The van der Waals surface area contributed by atoms with Crippen LogP contribution in [0.2, 0.25) is 0 Å². The number of allylic oxidation sites excluding steroid dienone is 12. The minimum absolute atomic E-state index is 0.0781. The molecule has 0 aromatic carbocycles. The molecule has 0 aliphatic carbocycles. The molecule has 0 saturated heterocycles. The Kier molecular flexibility index (Phi) is 68.6. The molecule has 0 bridgehead atoms. The molecule has 6 nitrogen and oxygen atoms in total. The summed E-state index contributed by atoms with van der Waals surface area (Å²) in [7, 11) is 0. The molecule has 83 heavy (non-hydrogen) atoms. The minimum atomic E-state index is -0.784. The van der Waals surface area contributed by atoms with E-state index in [9.17, 15) is 14.4 Å². The molecule has 1 atom stereocenters. The zero-order chi connectivity index (χ0) is 59.9. The van der Waals surface area contributed by atoms with Crippen molar-refractivity contribution in [3.05, 3.63) is 72.9 Å². The summed E-state index contributed by atoms with van der Waals surface area (Å²) >= 11 is 0. The quantitative estimate of drug-likeness (QED) is 0.0261. The van der Waals surface area contributed by atoms with Gasteiger partial charge in [0.25, 0.3) is 0 Å². The highest BCUT2D eigenvalue weighted by Crippen LogP contribution is 2.18. The average Bonchev–Trinajstić information content (AvgIpc) is 3.49. The lowest BCUT2D eigenvalue weighted by molar-refractivity contribution is -0.167. The zero-order valence-corrected chi connectivity index (χ0v) is 55.5. The van der Waals surface area contributed by atoms with Crippen molar-refractivity contribution in [1.82, 2.24) is 0 Å². The van der Waals surface area contributed by atoms with E-state index in [-0.39, 0.29) is 31.1 Å². The first-order valence-electron chi connectivity index (χ1n) is 36.4. The molecule has 0 aromatic heterocycles. The molecular formula is C77H138O6. The molecule has 0 radical (unpaired) electrons. The fraction of sp³-hybridized carbons (Fsp3) is 0.805. The summed E-state index contributed by atoms with van der Waals surface area (Å²) in [5, 5.41) is 0. The predicted molar refractivity (Wildman–Crippen MR) is 362 cm³/mol. The third kappa shape index (κ3) is 69.5. The SMILES string of the molecule is CC/C=C\C/C=C\C/C=C\C/C=C\CCCCCCCCC(=O)OCC(COC(=O)CCCCCCCCCCCCC/C=C\CCCCCCCCCC)OC(=O)CCCCCCCCCCCCC/C=C\CCCCCCCCCC. The molecule has 0 amide bonds. The largest absolute Gasteiger partial charge is 0.462 e. The summed E-state index contributed by atoms with van der Waals surface area (Å²) in [5.74, 6) is -0.871. The lowest BCUT2D eigenvalue weighted by atomic mass is 10.0. The molecule has 0 aliphatic heterocycles. The molecule has 1 unspecified atom stereocenters. The van der Waals surface area contributed by atoms with Gasteiger partial charge in [0.15, 0.2) is 6.10 Å². The van der Waals surface area contributed by atoms with E-state index >= 15 is 0 Å². The Morgan fingerprint density at radius 1 is 0.253 bits per heavy atom. The maximum atomic E-state index is 13.0. The van der Waals surface area contributed by atoms with E-state index in [1.54, 1.807) is 0 Å². The highest BCUT2D eigenvalue weighted by atomic mass is 16.6. The van der Waals surface area contributed by atoms with Gasteiger partial charge in [-0.1, -0.05) is 325 Å². The van der Waals surface area contributed by atoms with Crippen LogP contribution in [0.25, 0.3) is 0 Å². The van der Waals surface area contributed by atoms with Crippen LogP contribution in [0.5, 0.6) is 0 Å². The van der Waals surface area contributed by atoms with E-state index < -0.39 is 6.10 Å². The van der Waals surface area contributed by atoms with E-state index in [2.05, 4.69) is 93.7 Å². The van der Waals surface area contributed by atoms with Crippen LogP contribution in [-0.2, 0) is 28.6 Å². The fourth-order valence-electron chi connectivity index (χ4n) is 10.7. The van der Waals surface area contributed by atoms with Crippen molar-refractivity contribution in [1.29, 1.82) is 0 Å². The monoisotopic (exact) mass is 1160 g/mol. The van der Waals surface area contributed by atoms with Gasteiger partial charge in [-0.3, -0.25) is 14.4 Å². The first-order valence-corrected chi connectivity index (χ1v) is 36.4. The molecule has 6 heteroatoms. The van der Waals surface area contributed by atoms with Crippen LogP contribution in [0.15, 0.2) is 72.9 Å². The smallest absolute Gasteiger partial charge is 0.306 e. The second-order valence-corrected chi connectivity index (χ2v) is 24.5. The summed E-state index contributed by atoms with van der Waals surface area (Å²) in [4.78, 5) is 38.5. The minimum Gasteiger partial charge on any atom is -0.462 e. The van der Waals surface area contributed by atoms with Crippen molar-refractivity contribution in [3.8, 4) is 0 Å². The molecule has 0 spiro atoms. The van der Waals surface area contributed by atoms with Crippen molar-refractivity contribution in [3.63, 3.8) is 0 Å². The molecule has 0 aromatic rings. The lowest BCUT2D eigenvalue weighted by Gasteiger charge is -2.18. The van der Waals surface area contributed by atoms with Gasteiger partial charge in [0.1, 0.15) is 13.2 Å². The Hall–Kier alpha value is -3.15. The summed E-state index contributed by atoms with van der Waals surface area (Å²) in [6.45, 7) is 6.58. The number of rotatable bonds is 67. The zero-order valence-electron chi connectivity index (χ0n) is 55.5. The number of esters is 3. The third-order valence-electron chi connectivity index (χ3n) is 16.2. The van der Waals surface area contributed by atoms with E-state index in [1.165, 1.54) is 250 Å². The van der Waals surface area contributed by atoms with Gasteiger partial charge in [-0.15, -0.1) is 0 Å². The van der Waals surface area contributed by atoms with Gasteiger partial charge in [-0.05, 0) is 109 Å². The topological polar surface area (TPSA) is 78.9 Å². The summed E-state index contributed by atoms with van der Waals surface area (Å²) in [6, 6.07) is 0. The van der Waals surface area contributed by atoms with Crippen LogP contribution < -0.4 is 0 Å². The van der Waals surface area contributed by atoms with Gasteiger partial charge in [-0.25, -0.2) is 0 Å². The van der Waals surface area contributed by atoms with Crippen LogP contribution in [0.1, 0.15) is 380 Å². The summed E-state index contributed by atoms with van der Waals surface area (Å²) in [5.41, 5.74) is 0. The molecule has 0 rings (SSSR count). The van der Waals surface area contributed by atoms with Crippen LogP contribution in [0, 0.1) is 0 Å². The molecule has 0 aliphatic rings. The fourth-order valence-corrected chi connectivity index (χ4v) is 10.7. The molecule has 0 fully saturated rings. The Balaban J connectivity index is 4.36. The molecule has 0 N–H and O–H groups in total. The molecule has 482 valence electrons. The highest BCUT2D eigenvalue weighted by Gasteiger charge is 2.19. The normalized spacial score (nSPS) is 12.5. The second-order valence-electron chi connectivity index (χ2n) is 24.5. The maximum absolute atomic E-state index is 13.0. The van der Waals surface area contributed by atoms with Crippen molar-refractivity contribution in [2.45, 2.75) is 386 Å². The van der Waals surface area contributed by atoms with Gasteiger partial charge in [0, 0.05) is 19.3 Å². The van der Waals surface area contributed by atoms with Gasteiger partial charge < -0.3 is 14.2 Å². The van der Waals surface area contributed by atoms with Crippen LogP contribution in [0.3, 0.4) is 0 Å². The van der Waals surface area contributed by atoms with E-state index in [0.29, 0.717) is 19.3 Å². The first kappa shape index (κ1) is 79.8. The van der Waals surface area contributed by atoms with E-state index in [1.807, 2.05) is 0 Å². The number of hydrogen-bond donors (Lipinski definition) is 0. The Labute approximate surface area is 516 Å². The van der Waals surface area contributed by atoms with E-state index in [4.69, 9.17) is 14.2 Å². The Morgan fingerprint density at radius 3 is 0.747 bits per heavy atom. The van der Waals surface area contributed by atoms with Gasteiger partial charge in [-0.2, -0.15) is 0 Å². The first-order chi connectivity index (χ1) is 41.0. The van der Waals surface area contributed by atoms with Crippen LogP contribution in [0.4, 0.5) is 0 Å². The number of ether oxygens (including phenoxy) is 3. The molecule has 0 heterocycles. The van der Waals surface area contributed by atoms with Gasteiger partial charge in [0.05, 0.1) is 0 Å². The maximum Gasteiger partial charge on any atom is 0.306 e. The number of unbranched alkanes of at least 4 members (excludes halogenated alkanes) is 44. The van der Waals surface area contributed by atoms with Crippen LogP contribution >= 0.6 is 0 Å². The van der Waals surface area contributed by atoms with E-state index in [0.717, 1.165) is 89.9 Å². The summed E-state index contributed by atoms with van der Waals surface area (Å²) < 4.78 is 17.0. The van der Waals surface area contributed by atoms with Crippen molar-refractivity contribution < 1.29 is 28.6 Å². The highest BCUT2D eigenvalue weighted by molar-refractivity contribution is 5.71. The Bertz CT molecular complexity index is 1520. The van der Waals surface area contributed by atoms with Gasteiger partial charge in [0.2, 0.25) is 0 Å². The van der Waals surface area contributed by atoms with Crippen LogP contribution in [-0.4, -0.2) is 37.2 Å². The standard InChI is InChI=1S/C77H138O6/c1-4-7-10-13-16-19-22-25-28-31-34-36-38-40-43-46-49-52-55-58-61-64-67-70-76(79)82-73-74(72-81-75(78)69-66-63-60-57-54-51-48-45-42-33-30-27-24-21-18-15-12-9-6-3)83-77(80)71-68-65-62-59-56-53-50-47-44-41-39-37-35-32-29-26-23-20-17-14-11-8-5-2/h9,12,18,21,27,30-32,34-35,42,45,74H,4-8,10-11,13-17,19-20,22-26,28-29,33,36-41,43-44,46-73H2,1-3H3/b12-9-,21-18-,30-27-,34-31-,35-32-,45-42-. The van der Waals surface area contributed by atoms with Crippen molar-refractivity contribution >= 4 is 17.9 Å². The summed E-state index contributed by atoms with van der Waals surface area (Å²) in [6.07, 6.45) is 93.6. The molecular weight excluding hydrogens is 1020 g/mol. The number of carbonyl (C=O) groups excluding carboxylic acids is 3. The third-order valence-corrected chi connectivity index (χ3v) is 16.2. The molecule has 0 saturated carbocycles. The second kappa shape index (κ2) is 71.3. The average molecular weight is 1160 g/mol. The number of carbonyl (C=O) groups is 3. The Morgan fingerprint density at radius 2 is 0.470 bits per heavy atom. The number of hydrogen-bond acceptors (Lipinski definition) is 6. The van der Waals surface area contributed by atoms with Gasteiger partial charge >= 0.3 is 17.9 Å².